The summed E-state index contributed by atoms with van der Waals surface area (Å²) in [4.78, 5) is 38.6. The number of carbonyl (C=O) groups is 3. The molecule has 1 aromatic heterocycles. The number of urea groups is 1. The van der Waals surface area contributed by atoms with Gasteiger partial charge in [-0.05, 0) is 49.1 Å². The Hall–Kier alpha value is -3.66. The fraction of sp³-hybridized carbons (Fsp3) is 0.320. The van der Waals surface area contributed by atoms with Crippen LogP contribution in [-0.2, 0) is 22.4 Å². The van der Waals surface area contributed by atoms with Crippen LogP contribution in [0.1, 0.15) is 29.8 Å². The minimum Gasteiger partial charge on any atom is -0.334 e. The Balaban J connectivity index is 1.38. The smallest absolute Gasteiger partial charge is 0.321 e. The van der Waals surface area contributed by atoms with Gasteiger partial charge in [-0.3, -0.25) is 19.5 Å². The van der Waals surface area contributed by atoms with E-state index in [0.29, 0.717) is 23.9 Å². The average Bonchev–Trinajstić information content (AvgIpc) is 3.23. The molecule has 4 amide bonds. The molecule has 0 radical (unpaired) electrons. The molecule has 1 unspecified atom stereocenters. The number of thioether (sulfide) groups is 1. The third-order valence-electron chi connectivity index (χ3n) is 6.15. The van der Waals surface area contributed by atoms with Crippen LogP contribution in [0.4, 0.5) is 10.5 Å². The minimum absolute atomic E-state index is 0.0266. The zero-order chi connectivity index (χ0) is 24.4. The number of anilines is 1. The number of carbonyl (C=O) groups excluding carboxylic acids is 3. The number of fused-ring (bicyclic) bond motifs is 1. The Morgan fingerprint density at radius 1 is 1.14 bits per heavy atom. The average molecular weight is 491 g/mol. The lowest BCUT2D eigenvalue weighted by molar-refractivity contribution is -0.121. The number of amides is 4. The summed E-state index contributed by atoms with van der Waals surface area (Å²) in [6, 6.07) is 15.1. The quantitative estimate of drug-likeness (QED) is 0.515. The third-order valence-corrected chi connectivity index (χ3v) is 7.06. The molecule has 2 aliphatic rings. The van der Waals surface area contributed by atoms with Crippen molar-refractivity contribution in [2.45, 2.75) is 43.8 Å². The van der Waals surface area contributed by atoms with E-state index in [1.54, 1.807) is 0 Å². The van der Waals surface area contributed by atoms with Crippen molar-refractivity contribution in [2.75, 3.05) is 17.2 Å². The second-order valence-electron chi connectivity index (χ2n) is 8.77. The van der Waals surface area contributed by atoms with Gasteiger partial charge in [0.2, 0.25) is 11.8 Å². The van der Waals surface area contributed by atoms with Crippen molar-refractivity contribution < 1.29 is 14.4 Å². The first kappa shape index (κ1) is 23.1. The molecular formula is C25H26N6O3S. The van der Waals surface area contributed by atoms with Crippen molar-refractivity contribution >= 4 is 35.3 Å². The first-order valence-corrected chi connectivity index (χ1v) is 12.6. The number of benzene rings is 2. The number of nitrogens with one attached hydrogen (secondary N) is 2. The maximum Gasteiger partial charge on any atom is 0.321 e. The molecule has 0 spiro atoms. The Morgan fingerprint density at radius 2 is 2.00 bits per heavy atom. The van der Waals surface area contributed by atoms with Crippen LogP contribution in [0.3, 0.4) is 0 Å². The summed E-state index contributed by atoms with van der Waals surface area (Å²) in [5, 5.41) is 14.4. The van der Waals surface area contributed by atoms with Crippen LogP contribution in [0.5, 0.6) is 0 Å². The Bertz CT molecular complexity index is 1270. The highest BCUT2D eigenvalue weighted by Gasteiger charge is 2.28. The van der Waals surface area contributed by atoms with Crippen LogP contribution in [-0.4, -0.2) is 50.9 Å². The van der Waals surface area contributed by atoms with Gasteiger partial charge in [0.05, 0.1) is 5.75 Å². The zero-order valence-corrected chi connectivity index (χ0v) is 20.2. The third kappa shape index (κ3) is 5.07. The van der Waals surface area contributed by atoms with E-state index < -0.39 is 6.03 Å². The van der Waals surface area contributed by atoms with E-state index >= 15 is 0 Å². The van der Waals surface area contributed by atoms with Gasteiger partial charge in [-0.2, -0.15) is 0 Å². The monoisotopic (exact) mass is 490 g/mol. The molecule has 1 fully saturated rings. The fourth-order valence-electron chi connectivity index (χ4n) is 4.57. The summed E-state index contributed by atoms with van der Waals surface area (Å²) in [5.74, 6) is 0.552. The van der Waals surface area contributed by atoms with Crippen LogP contribution >= 0.6 is 11.8 Å². The molecule has 2 aromatic carbocycles. The number of hydrogen-bond donors (Lipinski definition) is 2. The largest absolute Gasteiger partial charge is 0.334 e. The van der Waals surface area contributed by atoms with Crippen LogP contribution in [0, 0.1) is 6.92 Å². The molecule has 3 aromatic rings. The van der Waals surface area contributed by atoms with E-state index in [4.69, 9.17) is 0 Å². The van der Waals surface area contributed by atoms with Crippen molar-refractivity contribution in [1.82, 2.24) is 25.4 Å². The summed E-state index contributed by atoms with van der Waals surface area (Å²) in [7, 11) is 0. The maximum absolute atomic E-state index is 13.2. The molecule has 5 rings (SSSR count). The van der Waals surface area contributed by atoms with Gasteiger partial charge in [-0.25, -0.2) is 4.79 Å². The molecule has 10 heteroatoms. The molecule has 0 bridgehead atoms. The van der Waals surface area contributed by atoms with Crippen LogP contribution < -0.4 is 15.5 Å². The second kappa shape index (κ2) is 9.91. The lowest BCUT2D eigenvalue weighted by Crippen LogP contribution is -2.53. The van der Waals surface area contributed by atoms with Gasteiger partial charge in [-0.15, -0.1) is 10.2 Å². The van der Waals surface area contributed by atoms with Gasteiger partial charge in [-0.1, -0.05) is 42.1 Å². The molecule has 2 N–H and O–H groups in total. The summed E-state index contributed by atoms with van der Waals surface area (Å²) in [6.45, 7) is 2.71. The topological polar surface area (TPSA) is 109 Å². The van der Waals surface area contributed by atoms with Crippen molar-refractivity contribution in [3.8, 4) is 5.69 Å². The number of hydrogen-bond acceptors (Lipinski definition) is 6. The van der Waals surface area contributed by atoms with E-state index in [0.717, 1.165) is 29.8 Å². The summed E-state index contributed by atoms with van der Waals surface area (Å²) in [6.07, 6.45) is 2.43. The molecular weight excluding hydrogens is 464 g/mol. The number of aromatic nitrogens is 3. The lowest BCUT2D eigenvalue weighted by Gasteiger charge is -2.29. The first-order valence-electron chi connectivity index (χ1n) is 11.6. The van der Waals surface area contributed by atoms with Gasteiger partial charge in [0.15, 0.2) is 5.16 Å². The van der Waals surface area contributed by atoms with Gasteiger partial charge in [0.1, 0.15) is 5.82 Å². The Kier molecular flexibility index (Phi) is 6.54. The van der Waals surface area contributed by atoms with Crippen LogP contribution in [0.25, 0.3) is 5.69 Å². The Labute approximate surface area is 207 Å². The molecule has 0 saturated carbocycles. The molecule has 35 heavy (non-hydrogen) atoms. The van der Waals surface area contributed by atoms with Crippen LogP contribution in [0.2, 0.25) is 0 Å². The van der Waals surface area contributed by atoms with Crippen molar-refractivity contribution in [1.29, 1.82) is 0 Å². The van der Waals surface area contributed by atoms with Crippen molar-refractivity contribution in [3.63, 3.8) is 0 Å². The normalized spacial score (nSPS) is 17.5. The predicted octanol–water partition coefficient (Wildman–Crippen LogP) is 2.79. The van der Waals surface area contributed by atoms with E-state index in [2.05, 4.69) is 26.9 Å². The van der Waals surface area contributed by atoms with Crippen molar-refractivity contribution in [2.24, 2.45) is 0 Å². The highest BCUT2D eigenvalue weighted by Crippen LogP contribution is 2.29. The van der Waals surface area contributed by atoms with E-state index in [9.17, 15) is 14.4 Å². The number of aryl methyl sites for hydroxylation is 2. The highest BCUT2D eigenvalue weighted by atomic mass is 32.2. The summed E-state index contributed by atoms with van der Waals surface area (Å²) >= 11 is 1.34. The van der Waals surface area contributed by atoms with E-state index in [-0.39, 0.29) is 30.0 Å². The first-order chi connectivity index (χ1) is 17.0. The molecule has 1 saturated heterocycles. The highest BCUT2D eigenvalue weighted by molar-refractivity contribution is 7.99. The van der Waals surface area contributed by atoms with Gasteiger partial charge in [0, 0.05) is 36.8 Å². The molecule has 1 atom stereocenters. The minimum atomic E-state index is -0.505. The molecule has 180 valence electrons. The number of nitrogens with zero attached hydrogens (tertiary/aromatic N) is 4. The van der Waals surface area contributed by atoms with E-state index in [1.165, 1.54) is 17.3 Å². The molecule has 9 nitrogen and oxygen atoms in total. The predicted molar refractivity (Wildman–Crippen MR) is 133 cm³/mol. The summed E-state index contributed by atoms with van der Waals surface area (Å²) in [5.41, 5.74) is 4.12. The van der Waals surface area contributed by atoms with E-state index in [1.807, 2.05) is 58.9 Å². The number of imide groups is 1. The number of rotatable bonds is 6. The molecule has 2 aliphatic heterocycles. The SMILES string of the molecule is Cc1cccc(-n2c(CC3CC(=O)NC(=O)N3)nnc2SCC(=O)N2CCCc3ccccc32)c1. The van der Waals surface area contributed by atoms with Crippen molar-refractivity contribution in [3.05, 3.63) is 65.5 Å². The standard InChI is InChI=1S/C25H26N6O3S/c1-16-6-4-9-19(12-16)31-21(13-18-14-22(32)27-24(34)26-18)28-29-25(31)35-15-23(33)30-11-5-8-17-7-2-3-10-20(17)30/h2-4,6-7,9-10,12,18H,5,8,11,13-15H2,1H3,(H2,26,27,32,34). The molecule has 0 aliphatic carbocycles. The Morgan fingerprint density at radius 3 is 2.83 bits per heavy atom. The number of para-hydroxylation sites is 1. The van der Waals surface area contributed by atoms with Gasteiger partial charge >= 0.3 is 6.03 Å². The summed E-state index contributed by atoms with van der Waals surface area (Å²) < 4.78 is 1.91. The zero-order valence-electron chi connectivity index (χ0n) is 19.4. The van der Waals surface area contributed by atoms with Gasteiger partial charge < -0.3 is 10.2 Å². The molecule has 3 heterocycles. The second-order valence-corrected chi connectivity index (χ2v) is 9.71. The fourth-order valence-corrected chi connectivity index (χ4v) is 5.41. The lowest BCUT2D eigenvalue weighted by atomic mass is 10.0. The van der Waals surface area contributed by atoms with Gasteiger partial charge in [0.25, 0.3) is 0 Å². The van der Waals surface area contributed by atoms with Crippen LogP contribution in [0.15, 0.2) is 53.7 Å². The maximum atomic E-state index is 13.2.